The van der Waals surface area contributed by atoms with E-state index in [1.54, 1.807) is 0 Å². The molecule has 0 aliphatic heterocycles. The van der Waals surface area contributed by atoms with Gasteiger partial charge in [-0.1, -0.05) is 53.7 Å². The van der Waals surface area contributed by atoms with Gasteiger partial charge >= 0.3 is 0 Å². The molecule has 0 aliphatic rings. The van der Waals surface area contributed by atoms with Crippen LogP contribution >= 0.6 is 0 Å². The van der Waals surface area contributed by atoms with Crippen LogP contribution in [0.15, 0.2) is 24.3 Å². The molecular weight excluding hydrogens is 284 g/mol. The molecule has 1 aromatic heterocycles. The number of imidazole rings is 1. The summed E-state index contributed by atoms with van der Waals surface area (Å²) in [5, 5.41) is 0. The van der Waals surface area contributed by atoms with E-state index >= 15 is 0 Å². The number of nitrogens with zero attached hydrogens (tertiary/aromatic N) is 2. The third kappa shape index (κ3) is 2.73. The van der Waals surface area contributed by atoms with Crippen LogP contribution in [0.2, 0.25) is 16.6 Å². The van der Waals surface area contributed by atoms with Crippen molar-refractivity contribution in [2.75, 3.05) is 0 Å². The molecule has 2 nitrogen and oxygen atoms in total. The van der Waals surface area contributed by atoms with Gasteiger partial charge in [0, 0.05) is 6.04 Å². The van der Waals surface area contributed by atoms with E-state index in [9.17, 15) is 0 Å². The topological polar surface area (TPSA) is 17.8 Å². The maximum absolute atomic E-state index is 4.62. The lowest BCUT2D eigenvalue weighted by Gasteiger charge is -2.37. The molecule has 1 heterocycles. The fourth-order valence-electron chi connectivity index (χ4n) is 3.87. The zero-order chi connectivity index (χ0) is 16.5. The Morgan fingerprint density at radius 1 is 0.955 bits per heavy atom. The van der Waals surface area contributed by atoms with Crippen LogP contribution in [0.1, 0.15) is 47.4 Å². The quantitative estimate of drug-likeness (QED) is 0.550. The van der Waals surface area contributed by atoms with Gasteiger partial charge in [0.25, 0.3) is 0 Å². The molecule has 118 valence electrons. The van der Waals surface area contributed by atoms with E-state index in [0.29, 0.717) is 16.6 Å². The minimum absolute atomic E-state index is 0.648. The normalized spacial score (nSPS) is 12.3. The number of benzene rings is 1. The number of fused-ring (bicyclic) bond motifs is 1. The number of rotatable bonds is 3. The number of aryl methyl sites for hydroxylation is 1. The fraction of sp³-hybridized carbons (Fsp3) is 0.526. The molecule has 0 N–H and O–H groups in total. The van der Waals surface area contributed by atoms with Crippen molar-refractivity contribution in [3.8, 4) is 11.6 Å². The van der Waals surface area contributed by atoms with Gasteiger partial charge in [0.05, 0.1) is 11.0 Å². The van der Waals surface area contributed by atoms with E-state index in [-0.39, 0.29) is 0 Å². The van der Waals surface area contributed by atoms with E-state index < -0.39 is 8.07 Å². The molecule has 0 radical (unpaired) electrons. The lowest BCUT2D eigenvalue weighted by molar-refractivity contribution is 0.837. The molecule has 1 aromatic carbocycles. The Morgan fingerprint density at radius 3 is 2.05 bits per heavy atom. The van der Waals surface area contributed by atoms with Crippen molar-refractivity contribution in [3.05, 3.63) is 30.1 Å². The molecule has 0 fully saturated rings. The first-order valence-electron chi connectivity index (χ1n) is 8.28. The van der Waals surface area contributed by atoms with Gasteiger partial charge in [0.1, 0.15) is 13.9 Å². The van der Waals surface area contributed by atoms with Crippen molar-refractivity contribution in [2.24, 2.45) is 0 Å². The highest BCUT2D eigenvalue weighted by molar-refractivity contribution is 6.90. The summed E-state index contributed by atoms with van der Waals surface area (Å²) in [6.45, 7) is 16.1. The van der Waals surface area contributed by atoms with Crippen LogP contribution in [0.3, 0.4) is 0 Å². The average Bonchev–Trinajstić information content (AvgIpc) is 2.74. The summed E-state index contributed by atoms with van der Waals surface area (Å²) in [4.78, 5) is 4.62. The summed E-state index contributed by atoms with van der Waals surface area (Å²) in [7, 11) is -1.70. The Morgan fingerprint density at radius 2 is 1.50 bits per heavy atom. The molecular formula is C19H28N2Si. The molecule has 0 bridgehead atoms. The fourth-order valence-corrected chi connectivity index (χ4v) is 9.04. The molecule has 2 rings (SSSR count). The minimum atomic E-state index is -1.70. The monoisotopic (exact) mass is 312 g/mol. The first-order valence-corrected chi connectivity index (χ1v) is 10.5. The molecule has 22 heavy (non-hydrogen) atoms. The number of para-hydroxylation sites is 2. The average molecular weight is 313 g/mol. The van der Waals surface area contributed by atoms with Crippen molar-refractivity contribution in [3.63, 3.8) is 0 Å². The molecule has 3 heteroatoms. The van der Waals surface area contributed by atoms with Crippen LogP contribution in [-0.4, -0.2) is 17.6 Å². The van der Waals surface area contributed by atoms with Gasteiger partial charge in [-0.05, 0) is 35.7 Å². The Bertz CT molecular complexity index is 692. The molecule has 0 spiro atoms. The standard InChI is InChI=1S/C19H28N2Si/c1-14(2)22(15(3)4,16(5)6)13-12-21-17(7)20-18-10-8-9-11-19(18)21/h8-11,14-16H,1-7H3. The molecule has 0 aliphatic carbocycles. The highest BCUT2D eigenvalue weighted by Crippen LogP contribution is 2.40. The van der Waals surface area contributed by atoms with Crippen LogP contribution < -0.4 is 0 Å². The van der Waals surface area contributed by atoms with Crippen LogP contribution in [0.5, 0.6) is 0 Å². The third-order valence-electron chi connectivity index (χ3n) is 4.98. The lowest BCUT2D eigenvalue weighted by Crippen LogP contribution is -2.43. The van der Waals surface area contributed by atoms with Crippen molar-refractivity contribution in [2.45, 2.75) is 65.1 Å². The summed E-state index contributed by atoms with van der Waals surface area (Å²) in [6, 6.07) is 11.7. The Labute approximate surface area is 136 Å². The summed E-state index contributed by atoms with van der Waals surface area (Å²) >= 11 is 0. The first-order chi connectivity index (χ1) is 10.3. The lowest BCUT2D eigenvalue weighted by atomic mass is 10.3. The summed E-state index contributed by atoms with van der Waals surface area (Å²) in [5.74, 6) is 0.980. The van der Waals surface area contributed by atoms with Gasteiger partial charge in [0.15, 0.2) is 0 Å². The van der Waals surface area contributed by atoms with Gasteiger partial charge in [-0.15, -0.1) is 5.54 Å². The predicted molar refractivity (Wildman–Crippen MR) is 98.7 cm³/mol. The highest BCUT2D eigenvalue weighted by atomic mass is 28.3. The van der Waals surface area contributed by atoms with E-state index in [4.69, 9.17) is 0 Å². The van der Waals surface area contributed by atoms with Crippen molar-refractivity contribution in [1.82, 2.24) is 9.55 Å². The minimum Gasteiger partial charge on any atom is -0.255 e. The SMILES string of the molecule is Cc1nc2ccccc2n1C#C[Si](C(C)C)(C(C)C)C(C)C. The van der Waals surface area contributed by atoms with Crippen molar-refractivity contribution in [1.29, 1.82) is 0 Å². The Balaban J connectivity index is 2.60. The van der Waals surface area contributed by atoms with Crippen LogP contribution in [0.4, 0.5) is 0 Å². The summed E-state index contributed by atoms with van der Waals surface area (Å²) < 4.78 is 2.07. The van der Waals surface area contributed by atoms with Crippen molar-refractivity contribution >= 4 is 19.1 Å². The van der Waals surface area contributed by atoms with E-state index in [1.165, 1.54) is 0 Å². The number of hydrogen-bond acceptors (Lipinski definition) is 1. The van der Waals surface area contributed by atoms with Gasteiger partial charge in [-0.3, -0.25) is 4.57 Å². The zero-order valence-electron chi connectivity index (χ0n) is 14.9. The van der Waals surface area contributed by atoms with Gasteiger partial charge in [-0.25, -0.2) is 4.98 Å². The molecule has 0 saturated carbocycles. The molecule has 0 atom stereocenters. The second-order valence-corrected chi connectivity index (χ2v) is 12.7. The van der Waals surface area contributed by atoms with E-state index in [2.05, 4.69) is 80.9 Å². The number of aromatic nitrogens is 2. The van der Waals surface area contributed by atoms with Crippen LogP contribution in [0, 0.1) is 18.5 Å². The molecule has 0 saturated heterocycles. The van der Waals surface area contributed by atoms with Crippen molar-refractivity contribution < 1.29 is 0 Å². The highest BCUT2D eigenvalue weighted by Gasteiger charge is 2.41. The molecule has 0 amide bonds. The number of hydrogen-bond donors (Lipinski definition) is 0. The van der Waals surface area contributed by atoms with E-state index in [0.717, 1.165) is 16.9 Å². The Kier molecular flexibility index (Phi) is 4.82. The molecule has 0 unspecified atom stereocenters. The smallest absolute Gasteiger partial charge is 0.148 e. The van der Waals surface area contributed by atoms with E-state index in [1.807, 2.05) is 13.0 Å². The second-order valence-electron chi connectivity index (χ2n) is 7.12. The largest absolute Gasteiger partial charge is 0.255 e. The Hall–Kier alpha value is -1.53. The maximum atomic E-state index is 4.62. The maximum Gasteiger partial charge on any atom is 0.148 e. The summed E-state index contributed by atoms with van der Waals surface area (Å²) in [5.41, 5.74) is 7.87. The molecule has 2 aromatic rings. The predicted octanol–water partition coefficient (Wildman–Crippen LogP) is 5.37. The second kappa shape index (κ2) is 6.30. The summed E-state index contributed by atoms with van der Waals surface area (Å²) in [6.07, 6.45) is 0. The van der Waals surface area contributed by atoms with Crippen LogP contribution in [-0.2, 0) is 0 Å². The third-order valence-corrected chi connectivity index (χ3v) is 11.3. The van der Waals surface area contributed by atoms with Gasteiger partial charge in [-0.2, -0.15) is 0 Å². The van der Waals surface area contributed by atoms with Crippen LogP contribution in [0.25, 0.3) is 11.0 Å². The first kappa shape index (κ1) is 16.8. The van der Waals surface area contributed by atoms with Gasteiger partial charge < -0.3 is 0 Å². The van der Waals surface area contributed by atoms with Gasteiger partial charge in [0.2, 0.25) is 0 Å². The zero-order valence-corrected chi connectivity index (χ0v) is 15.9.